The molecule has 0 aliphatic heterocycles. The number of carboxylic acid groups (broad SMARTS) is 1. The Labute approximate surface area is 141 Å². The van der Waals surface area contributed by atoms with Crippen molar-refractivity contribution in [3.8, 4) is 11.3 Å². The van der Waals surface area contributed by atoms with Crippen molar-refractivity contribution in [1.29, 1.82) is 0 Å². The van der Waals surface area contributed by atoms with Crippen LogP contribution in [0.25, 0.3) is 11.3 Å². The lowest BCUT2D eigenvalue weighted by atomic mass is 9.97. The zero-order valence-corrected chi connectivity index (χ0v) is 14.3. The van der Waals surface area contributed by atoms with E-state index in [4.69, 9.17) is 4.42 Å². The van der Waals surface area contributed by atoms with Gasteiger partial charge in [0, 0.05) is 12.1 Å². The molecular weight excluding hydrogens is 309 g/mol. The molecule has 0 fully saturated rings. The zero-order valence-electron chi connectivity index (χ0n) is 14.3. The molecule has 1 unspecified atom stereocenters. The van der Waals surface area contributed by atoms with Crippen molar-refractivity contribution in [2.75, 3.05) is 6.54 Å². The third-order valence-electron chi connectivity index (χ3n) is 3.99. The quantitative estimate of drug-likeness (QED) is 0.759. The molecule has 1 aromatic heterocycles. The number of furan rings is 1. The fourth-order valence-corrected chi connectivity index (χ4v) is 2.70. The molecule has 2 aromatic rings. The molecule has 0 radical (unpaired) electrons. The Morgan fingerprint density at radius 2 is 2.04 bits per heavy atom. The predicted molar refractivity (Wildman–Crippen MR) is 91.1 cm³/mol. The smallest absolute Gasteiger partial charge is 0.307 e. The van der Waals surface area contributed by atoms with E-state index in [9.17, 15) is 14.3 Å². The highest BCUT2D eigenvalue weighted by Crippen LogP contribution is 2.27. The van der Waals surface area contributed by atoms with Gasteiger partial charge < -0.3 is 14.8 Å². The van der Waals surface area contributed by atoms with E-state index in [1.165, 1.54) is 6.07 Å². The highest BCUT2D eigenvalue weighted by Gasteiger charge is 2.18. The highest BCUT2D eigenvalue weighted by molar-refractivity contribution is 5.70. The maximum atomic E-state index is 13.6. The topological polar surface area (TPSA) is 62.5 Å². The van der Waals surface area contributed by atoms with E-state index >= 15 is 0 Å². The van der Waals surface area contributed by atoms with Gasteiger partial charge in [0.1, 0.15) is 17.3 Å². The number of benzene rings is 1. The molecule has 0 bridgehead atoms. The van der Waals surface area contributed by atoms with Crippen molar-refractivity contribution in [2.24, 2.45) is 11.8 Å². The van der Waals surface area contributed by atoms with E-state index in [1.54, 1.807) is 13.0 Å². The molecule has 2 N–H and O–H groups in total. The summed E-state index contributed by atoms with van der Waals surface area (Å²) in [6, 6.07) is 8.52. The number of aliphatic carboxylic acids is 1. The van der Waals surface area contributed by atoms with E-state index < -0.39 is 11.9 Å². The first-order valence-corrected chi connectivity index (χ1v) is 8.16. The number of halogens is 1. The molecule has 1 aromatic carbocycles. The summed E-state index contributed by atoms with van der Waals surface area (Å²) >= 11 is 0. The summed E-state index contributed by atoms with van der Waals surface area (Å²) < 4.78 is 19.4. The Bertz CT molecular complexity index is 694. The molecule has 5 heteroatoms. The van der Waals surface area contributed by atoms with Crippen LogP contribution in [-0.2, 0) is 11.3 Å². The number of hydrogen-bond acceptors (Lipinski definition) is 3. The molecule has 0 aliphatic carbocycles. The lowest BCUT2D eigenvalue weighted by Crippen LogP contribution is -2.29. The fraction of sp³-hybridized carbons (Fsp3) is 0.421. The number of carbonyl (C=O) groups is 1. The van der Waals surface area contributed by atoms with Crippen molar-refractivity contribution >= 4 is 5.97 Å². The van der Waals surface area contributed by atoms with Gasteiger partial charge in [0.15, 0.2) is 0 Å². The van der Waals surface area contributed by atoms with Crippen LogP contribution in [0.15, 0.2) is 34.7 Å². The van der Waals surface area contributed by atoms with Crippen molar-refractivity contribution in [2.45, 2.75) is 33.7 Å². The van der Waals surface area contributed by atoms with Gasteiger partial charge in [-0.2, -0.15) is 0 Å². The summed E-state index contributed by atoms with van der Waals surface area (Å²) in [5.41, 5.74) is 1.28. The average Bonchev–Trinajstić information content (AvgIpc) is 2.97. The number of hydrogen-bond donors (Lipinski definition) is 2. The van der Waals surface area contributed by atoms with E-state index in [2.05, 4.69) is 5.32 Å². The van der Waals surface area contributed by atoms with Crippen LogP contribution >= 0.6 is 0 Å². The van der Waals surface area contributed by atoms with Gasteiger partial charge in [0.05, 0.1) is 12.5 Å². The van der Waals surface area contributed by atoms with Gasteiger partial charge in [-0.25, -0.2) is 4.39 Å². The van der Waals surface area contributed by atoms with E-state index in [-0.39, 0.29) is 5.82 Å². The first-order valence-electron chi connectivity index (χ1n) is 8.16. The van der Waals surface area contributed by atoms with E-state index in [0.29, 0.717) is 42.5 Å². The molecule has 0 saturated heterocycles. The normalized spacial score (nSPS) is 12.5. The molecule has 130 valence electrons. The third kappa shape index (κ3) is 4.68. The van der Waals surface area contributed by atoms with Gasteiger partial charge >= 0.3 is 5.97 Å². The van der Waals surface area contributed by atoms with Crippen LogP contribution in [0.4, 0.5) is 4.39 Å². The second-order valence-corrected chi connectivity index (χ2v) is 6.47. The van der Waals surface area contributed by atoms with Crippen LogP contribution in [0.3, 0.4) is 0 Å². The van der Waals surface area contributed by atoms with Gasteiger partial charge in [-0.05, 0) is 43.0 Å². The maximum Gasteiger partial charge on any atom is 0.307 e. The molecule has 0 saturated carbocycles. The summed E-state index contributed by atoms with van der Waals surface area (Å²) in [6.07, 6.45) is 0.633. The summed E-state index contributed by atoms with van der Waals surface area (Å²) in [6.45, 7) is 6.57. The van der Waals surface area contributed by atoms with Gasteiger partial charge in [0.25, 0.3) is 0 Å². The third-order valence-corrected chi connectivity index (χ3v) is 3.99. The van der Waals surface area contributed by atoms with Gasteiger partial charge in [-0.1, -0.05) is 26.0 Å². The Balaban J connectivity index is 1.97. The van der Waals surface area contributed by atoms with Crippen molar-refractivity contribution in [3.05, 3.63) is 47.5 Å². The maximum absolute atomic E-state index is 13.6. The minimum Gasteiger partial charge on any atom is -0.481 e. The summed E-state index contributed by atoms with van der Waals surface area (Å²) in [4.78, 5) is 11.2. The Kier molecular flexibility index (Phi) is 6.15. The highest BCUT2D eigenvalue weighted by atomic mass is 19.1. The molecular formula is C19H24FNO3. The van der Waals surface area contributed by atoms with E-state index in [0.717, 1.165) is 5.56 Å². The van der Waals surface area contributed by atoms with Crippen LogP contribution in [0, 0.1) is 24.6 Å². The van der Waals surface area contributed by atoms with Crippen molar-refractivity contribution < 1.29 is 18.7 Å². The molecule has 0 aliphatic rings. The molecule has 0 spiro atoms. The number of rotatable bonds is 8. The minimum absolute atomic E-state index is 0.262. The van der Waals surface area contributed by atoms with Crippen LogP contribution in [0.1, 0.15) is 31.6 Å². The monoisotopic (exact) mass is 333 g/mol. The summed E-state index contributed by atoms with van der Waals surface area (Å²) in [7, 11) is 0. The van der Waals surface area contributed by atoms with Crippen LogP contribution in [0.2, 0.25) is 0 Å². The minimum atomic E-state index is -0.785. The largest absolute Gasteiger partial charge is 0.481 e. The van der Waals surface area contributed by atoms with Crippen LogP contribution in [-0.4, -0.2) is 17.6 Å². The lowest BCUT2D eigenvalue weighted by Gasteiger charge is -2.14. The molecule has 1 heterocycles. The standard InChI is InChI=1S/C19H24FNO3/c1-12(2)9-14(19(22)23)10-21-11-15-7-8-18(24-15)16-5-4-6-17(20)13(16)3/h4-8,12,14,21H,9-11H2,1-3H3,(H,22,23). The summed E-state index contributed by atoms with van der Waals surface area (Å²) in [5.74, 6) is 0.181. The van der Waals surface area contributed by atoms with Gasteiger partial charge in [-0.15, -0.1) is 0 Å². The van der Waals surface area contributed by atoms with Crippen LogP contribution < -0.4 is 5.32 Å². The molecule has 2 rings (SSSR count). The van der Waals surface area contributed by atoms with Crippen molar-refractivity contribution in [1.82, 2.24) is 5.32 Å². The lowest BCUT2D eigenvalue weighted by molar-refractivity contribution is -0.142. The molecule has 1 atom stereocenters. The van der Waals surface area contributed by atoms with Crippen molar-refractivity contribution in [3.63, 3.8) is 0 Å². The van der Waals surface area contributed by atoms with E-state index in [1.807, 2.05) is 32.0 Å². The number of nitrogens with one attached hydrogen (secondary N) is 1. The average molecular weight is 333 g/mol. The Hall–Kier alpha value is -2.14. The first kappa shape index (κ1) is 18.2. The zero-order chi connectivity index (χ0) is 17.7. The molecule has 4 nitrogen and oxygen atoms in total. The first-order chi connectivity index (χ1) is 11.4. The predicted octanol–water partition coefficient (Wildman–Crippen LogP) is 4.23. The fourth-order valence-electron chi connectivity index (χ4n) is 2.70. The molecule has 0 amide bonds. The Morgan fingerprint density at radius 1 is 1.29 bits per heavy atom. The van der Waals surface area contributed by atoms with Crippen LogP contribution in [0.5, 0.6) is 0 Å². The molecule has 24 heavy (non-hydrogen) atoms. The van der Waals surface area contributed by atoms with Gasteiger partial charge in [0.2, 0.25) is 0 Å². The van der Waals surface area contributed by atoms with Gasteiger partial charge in [-0.3, -0.25) is 4.79 Å². The Morgan fingerprint density at radius 3 is 2.71 bits per heavy atom. The second-order valence-electron chi connectivity index (χ2n) is 6.47. The summed E-state index contributed by atoms with van der Waals surface area (Å²) in [5, 5.41) is 12.4. The SMILES string of the molecule is Cc1c(F)cccc1-c1ccc(CNCC(CC(C)C)C(=O)O)o1. The number of carboxylic acids is 1. The second kappa shape index (κ2) is 8.11.